The van der Waals surface area contributed by atoms with Crippen LogP contribution in [0.15, 0.2) is 40.9 Å². The van der Waals surface area contributed by atoms with Crippen LogP contribution in [0.25, 0.3) is 0 Å². The van der Waals surface area contributed by atoms with Gasteiger partial charge in [0.25, 0.3) is 0 Å². The normalized spacial score (nSPS) is 11.8. The molecule has 4 N–H and O–H groups in total. The van der Waals surface area contributed by atoms with Crippen molar-refractivity contribution in [3.8, 4) is 17.2 Å². The first kappa shape index (κ1) is 20.6. The van der Waals surface area contributed by atoms with Gasteiger partial charge in [-0.25, -0.2) is 0 Å². The van der Waals surface area contributed by atoms with Gasteiger partial charge < -0.3 is 20.6 Å². The SMILES string of the molecule is CC(CCc1ccc(O)c(Br)c1)NCCc1ccc(O)c(O)c1.Cl. The highest BCUT2D eigenvalue weighted by Crippen LogP contribution is 2.25. The number of aryl methyl sites for hydroxylation is 1. The number of hydrogen-bond acceptors (Lipinski definition) is 4. The van der Waals surface area contributed by atoms with Crippen LogP contribution >= 0.6 is 28.3 Å². The Morgan fingerprint density at radius 2 is 1.54 bits per heavy atom. The van der Waals surface area contributed by atoms with Crippen LogP contribution in [0, 0.1) is 0 Å². The van der Waals surface area contributed by atoms with Crippen molar-refractivity contribution in [2.45, 2.75) is 32.2 Å². The van der Waals surface area contributed by atoms with Crippen LogP contribution < -0.4 is 5.32 Å². The summed E-state index contributed by atoms with van der Waals surface area (Å²) < 4.78 is 0.725. The lowest BCUT2D eigenvalue weighted by Gasteiger charge is -2.14. The van der Waals surface area contributed by atoms with Crippen molar-refractivity contribution in [2.24, 2.45) is 0 Å². The summed E-state index contributed by atoms with van der Waals surface area (Å²) in [7, 11) is 0. The van der Waals surface area contributed by atoms with Crippen LogP contribution in [0.3, 0.4) is 0 Å². The standard InChI is InChI=1S/C18H22BrNO3.ClH/c1-12(2-3-13-4-6-16(21)15(19)10-13)20-9-8-14-5-7-17(22)18(23)11-14;/h4-7,10-12,20-23H,2-3,8-9H2,1H3;1H. The van der Waals surface area contributed by atoms with Gasteiger partial charge in [0.05, 0.1) is 4.47 Å². The lowest BCUT2D eigenvalue weighted by molar-refractivity contribution is 0.403. The molecule has 0 saturated heterocycles. The molecular weight excluding hydrogens is 394 g/mol. The van der Waals surface area contributed by atoms with Gasteiger partial charge in [-0.3, -0.25) is 0 Å². The molecule has 132 valence electrons. The van der Waals surface area contributed by atoms with E-state index in [2.05, 4.69) is 28.2 Å². The average Bonchev–Trinajstić information content (AvgIpc) is 2.52. The molecular formula is C18H23BrClNO3. The minimum absolute atomic E-state index is 0. The Bertz CT molecular complexity index is 667. The van der Waals surface area contributed by atoms with Gasteiger partial charge in [0.15, 0.2) is 11.5 Å². The van der Waals surface area contributed by atoms with Crippen LogP contribution in [0.5, 0.6) is 17.2 Å². The predicted molar refractivity (Wildman–Crippen MR) is 102 cm³/mol. The van der Waals surface area contributed by atoms with Gasteiger partial charge in [0, 0.05) is 6.04 Å². The fourth-order valence-electron chi connectivity index (χ4n) is 2.38. The van der Waals surface area contributed by atoms with Crippen LogP contribution in [0.4, 0.5) is 0 Å². The van der Waals surface area contributed by atoms with Crippen molar-refractivity contribution < 1.29 is 15.3 Å². The zero-order valence-corrected chi connectivity index (χ0v) is 15.9. The Morgan fingerprint density at radius 1 is 0.917 bits per heavy atom. The second kappa shape index (κ2) is 9.77. The van der Waals surface area contributed by atoms with Gasteiger partial charge in [-0.1, -0.05) is 12.1 Å². The number of aromatic hydroxyl groups is 3. The molecule has 4 nitrogen and oxygen atoms in total. The number of halogens is 2. The van der Waals surface area contributed by atoms with E-state index in [1.165, 1.54) is 11.6 Å². The summed E-state index contributed by atoms with van der Waals surface area (Å²) in [6.45, 7) is 2.95. The van der Waals surface area contributed by atoms with E-state index < -0.39 is 0 Å². The molecule has 2 aromatic carbocycles. The highest BCUT2D eigenvalue weighted by Gasteiger charge is 2.05. The summed E-state index contributed by atoms with van der Waals surface area (Å²) in [6.07, 6.45) is 2.73. The van der Waals surface area contributed by atoms with Crippen molar-refractivity contribution in [1.29, 1.82) is 0 Å². The fourth-order valence-corrected chi connectivity index (χ4v) is 2.80. The summed E-state index contributed by atoms with van der Waals surface area (Å²) in [5.74, 6) is 0.0978. The molecule has 1 unspecified atom stereocenters. The van der Waals surface area contributed by atoms with Crippen molar-refractivity contribution in [2.75, 3.05) is 6.54 Å². The van der Waals surface area contributed by atoms with Crippen LogP contribution in [-0.2, 0) is 12.8 Å². The highest BCUT2D eigenvalue weighted by molar-refractivity contribution is 9.10. The molecule has 0 aliphatic carbocycles. The molecule has 2 aromatic rings. The molecule has 0 saturated carbocycles. The number of benzene rings is 2. The first-order chi connectivity index (χ1) is 11.0. The molecule has 0 aromatic heterocycles. The van der Waals surface area contributed by atoms with E-state index >= 15 is 0 Å². The maximum atomic E-state index is 9.49. The second-order valence-electron chi connectivity index (χ2n) is 5.75. The smallest absolute Gasteiger partial charge is 0.157 e. The minimum Gasteiger partial charge on any atom is -0.507 e. The topological polar surface area (TPSA) is 72.7 Å². The first-order valence-corrected chi connectivity index (χ1v) is 8.46. The van der Waals surface area contributed by atoms with Crippen molar-refractivity contribution >= 4 is 28.3 Å². The molecule has 0 fully saturated rings. The van der Waals surface area contributed by atoms with Gasteiger partial charge in [-0.05, 0) is 84.1 Å². The molecule has 2 rings (SSSR count). The summed E-state index contributed by atoms with van der Waals surface area (Å²) in [6, 6.07) is 10.9. The summed E-state index contributed by atoms with van der Waals surface area (Å²) >= 11 is 3.33. The molecule has 0 spiro atoms. The number of rotatable bonds is 7. The molecule has 0 aliphatic heterocycles. The Kier molecular flexibility index (Phi) is 8.39. The molecule has 0 radical (unpaired) electrons. The third-order valence-corrected chi connectivity index (χ3v) is 4.46. The Balaban J connectivity index is 0.00000288. The maximum Gasteiger partial charge on any atom is 0.157 e. The molecule has 0 aliphatic rings. The van der Waals surface area contributed by atoms with Gasteiger partial charge in [-0.15, -0.1) is 12.4 Å². The largest absolute Gasteiger partial charge is 0.507 e. The predicted octanol–water partition coefficient (Wildman–Crippen LogP) is 4.14. The Hall–Kier alpha value is -1.43. The lowest BCUT2D eigenvalue weighted by atomic mass is 10.1. The van der Waals surface area contributed by atoms with E-state index in [0.29, 0.717) is 6.04 Å². The fraction of sp³-hybridized carbons (Fsp3) is 0.333. The highest BCUT2D eigenvalue weighted by atomic mass is 79.9. The van der Waals surface area contributed by atoms with Crippen molar-refractivity contribution in [1.82, 2.24) is 5.32 Å². The number of phenolic OH excluding ortho intramolecular Hbond substituents is 3. The molecule has 0 heterocycles. The first-order valence-electron chi connectivity index (χ1n) is 7.67. The quantitative estimate of drug-likeness (QED) is 0.512. The van der Waals surface area contributed by atoms with Crippen molar-refractivity contribution in [3.05, 3.63) is 52.0 Å². The van der Waals surface area contributed by atoms with Gasteiger partial charge in [-0.2, -0.15) is 0 Å². The molecule has 0 bridgehead atoms. The second-order valence-corrected chi connectivity index (χ2v) is 6.61. The van der Waals surface area contributed by atoms with Crippen LogP contribution in [0.2, 0.25) is 0 Å². The van der Waals surface area contributed by atoms with Crippen molar-refractivity contribution in [3.63, 3.8) is 0 Å². The van der Waals surface area contributed by atoms with E-state index in [1.54, 1.807) is 12.1 Å². The van der Waals surface area contributed by atoms with E-state index in [-0.39, 0.29) is 29.7 Å². The van der Waals surface area contributed by atoms with Crippen LogP contribution in [0.1, 0.15) is 24.5 Å². The average molecular weight is 417 g/mol. The number of hydrogen-bond donors (Lipinski definition) is 4. The van der Waals surface area contributed by atoms with Crippen LogP contribution in [-0.4, -0.2) is 27.9 Å². The van der Waals surface area contributed by atoms with E-state index in [0.717, 1.165) is 35.8 Å². The Morgan fingerprint density at radius 3 is 2.17 bits per heavy atom. The maximum absolute atomic E-state index is 9.49. The van der Waals surface area contributed by atoms with Gasteiger partial charge >= 0.3 is 0 Å². The monoisotopic (exact) mass is 415 g/mol. The number of phenols is 3. The minimum atomic E-state index is -0.0878. The van der Waals surface area contributed by atoms with E-state index in [4.69, 9.17) is 0 Å². The lowest BCUT2D eigenvalue weighted by Crippen LogP contribution is -2.28. The summed E-state index contributed by atoms with van der Waals surface area (Å²) in [4.78, 5) is 0. The van der Waals surface area contributed by atoms with Gasteiger partial charge in [0.2, 0.25) is 0 Å². The van der Waals surface area contributed by atoms with E-state index in [9.17, 15) is 15.3 Å². The number of nitrogens with one attached hydrogen (secondary N) is 1. The summed E-state index contributed by atoms with van der Waals surface area (Å²) in [5.41, 5.74) is 2.18. The molecule has 0 amide bonds. The third-order valence-electron chi connectivity index (χ3n) is 3.82. The van der Waals surface area contributed by atoms with E-state index in [1.807, 2.05) is 18.2 Å². The molecule has 24 heavy (non-hydrogen) atoms. The third kappa shape index (κ3) is 6.23. The molecule has 6 heteroatoms. The Labute approximate surface area is 157 Å². The van der Waals surface area contributed by atoms with Gasteiger partial charge in [0.1, 0.15) is 5.75 Å². The molecule has 1 atom stereocenters. The zero-order chi connectivity index (χ0) is 16.8. The summed E-state index contributed by atoms with van der Waals surface area (Å²) in [5, 5.41) is 31.7. The zero-order valence-electron chi connectivity index (χ0n) is 13.5.